The number of sulfone groups is 1. The van der Waals surface area contributed by atoms with Gasteiger partial charge in [-0.15, -0.1) is 0 Å². The summed E-state index contributed by atoms with van der Waals surface area (Å²) >= 11 is 0. The van der Waals surface area contributed by atoms with E-state index in [1.54, 1.807) is 11.9 Å². The number of nitrogens with one attached hydrogen (secondary N) is 1. The van der Waals surface area contributed by atoms with Crippen LogP contribution in [0.5, 0.6) is 0 Å². The average molecular weight is 288 g/mol. The summed E-state index contributed by atoms with van der Waals surface area (Å²) in [5.74, 6) is 0.540. The SMILES string of the molecule is CNC1CS(=O)(=O)CCN(CC2CCCCC2)C1=O. The zero-order valence-corrected chi connectivity index (χ0v) is 12.4. The topological polar surface area (TPSA) is 66.5 Å². The minimum Gasteiger partial charge on any atom is -0.340 e. The van der Waals surface area contributed by atoms with Gasteiger partial charge >= 0.3 is 0 Å². The Morgan fingerprint density at radius 2 is 1.95 bits per heavy atom. The number of likely N-dealkylation sites (N-methyl/N-ethyl adjacent to an activating group) is 1. The predicted molar refractivity (Wildman–Crippen MR) is 74.7 cm³/mol. The van der Waals surface area contributed by atoms with Gasteiger partial charge in [0.05, 0.1) is 11.5 Å². The van der Waals surface area contributed by atoms with Crippen molar-refractivity contribution in [1.82, 2.24) is 10.2 Å². The van der Waals surface area contributed by atoms with Gasteiger partial charge in [0.2, 0.25) is 5.91 Å². The first-order chi connectivity index (χ1) is 9.02. The van der Waals surface area contributed by atoms with Crippen molar-refractivity contribution in [3.05, 3.63) is 0 Å². The number of hydrogen-bond donors (Lipinski definition) is 1. The molecule has 0 aromatic heterocycles. The standard InChI is InChI=1S/C13H24N2O3S/c1-14-12-10-19(17,18)8-7-15(13(12)16)9-11-5-3-2-4-6-11/h11-12,14H,2-10H2,1H3. The van der Waals surface area contributed by atoms with Crippen molar-refractivity contribution < 1.29 is 13.2 Å². The molecule has 1 atom stereocenters. The van der Waals surface area contributed by atoms with Gasteiger partial charge in [-0.3, -0.25) is 4.79 Å². The highest BCUT2D eigenvalue weighted by Gasteiger charge is 2.33. The second-order valence-electron chi connectivity index (χ2n) is 5.74. The molecule has 0 bridgehead atoms. The van der Waals surface area contributed by atoms with Crippen molar-refractivity contribution in [2.24, 2.45) is 5.92 Å². The van der Waals surface area contributed by atoms with Crippen LogP contribution in [0.15, 0.2) is 0 Å². The molecule has 6 heteroatoms. The summed E-state index contributed by atoms with van der Waals surface area (Å²) in [4.78, 5) is 14.1. The maximum absolute atomic E-state index is 12.3. The maximum Gasteiger partial charge on any atom is 0.240 e. The quantitative estimate of drug-likeness (QED) is 0.817. The van der Waals surface area contributed by atoms with Crippen LogP contribution in [-0.2, 0) is 14.6 Å². The van der Waals surface area contributed by atoms with Crippen LogP contribution in [0, 0.1) is 5.92 Å². The van der Waals surface area contributed by atoms with Crippen LogP contribution in [0.3, 0.4) is 0 Å². The number of carbonyl (C=O) groups excluding carboxylic acids is 1. The van der Waals surface area contributed by atoms with Crippen LogP contribution < -0.4 is 5.32 Å². The fourth-order valence-electron chi connectivity index (χ4n) is 3.06. The van der Waals surface area contributed by atoms with Gasteiger partial charge in [-0.25, -0.2) is 8.42 Å². The van der Waals surface area contributed by atoms with Crippen LogP contribution in [0.25, 0.3) is 0 Å². The Morgan fingerprint density at radius 3 is 2.58 bits per heavy atom. The third-order valence-corrected chi connectivity index (χ3v) is 5.90. The van der Waals surface area contributed by atoms with Crippen molar-refractivity contribution in [2.75, 3.05) is 31.6 Å². The van der Waals surface area contributed by atoms with Gasteiger partial charge in [0.1, 0.15) is 6.04 Å². The number of nitrogens with zero attached hydrogens (tertiary/aromatic N) is 1. The van der Waals surface area contributed by atoms with E-state index < -0.39 is 15.9 Å². The van der Waals surface area contributed by atoms with E-state index in [2.05, 4.69) is 5.32 Å². The molecule has 1 heterocycles. The molecule has 0 aromatic rings. The fourth-order valence-corrected chi connectivity index (χ4v) is 4.54. The molecule has 19 heavy (non-hydrogen) atoms. The summed E-state index contributed by atoms with van der Waals surface area (Å²) in [5.41, 5.74) is 0. The average Bonchev–Trinajstić information content (AvgIpc) is 2.51. The largest absolute Gasteiger partial charge is 0.340 e. The summed E-state index contributed by atoms with van der Waals surface area (Å²) < 4.78 is 23.6. The Labute approximate surface area is 115 Å². The highest BCUT2D eigenvalue weighted by atomic mass is 32.2. The molecule has 2 aliphatic rings. The minimum absolute atomic E-state index is 0.0471. The van der Waals surface area contributed by atoms with Gasteiger partial charge in [0.25, 0.3) is 0 Å². The predicted octanol–water partition coefficient (Wildman–Crippen LogP) is 0.412. The van der Waals surface area contributed by atoms with E-state index >= 15 is 0 Å². The Hall–Kier alpha value is -0.620. The van der Waals surface area contributed by atoms with Gasteiger partial charge in [-0.1, -0.05) is 19.3 Å². The van der Waals surface area contributed by atoms with Crippen LogP contribution in [0.4, 0.5) is 0 Å². The molecule has 1 aliphatic heterocycles. The van der Waals surface area contributed by atoms with E-state index in [9.17, 15) is 13.2 Å². The molecule has 1 saturated carbocycles. The molecule has 110 valence electrons. The number of rotatable bonds is 3. The van der Waals surface area contributed by atoms with E-state index in [-0.39, 0.29) is 17.4 Å². The third kappa shape index (κ3) is 3.92. The van der Waals surface area contributed by atoms with E-state index in [1.807, 2.05) is 0 Å². The van der Waals surface area contributed by atoms with Gasteiger partial charge in [0, 0.05) is 13.1 Å². The highest BCUT2D eigenvalue weighted by molar-refractivity contribution is 7.91. The maximum atomic E-state index is 12.3. The smallest absolute Gasteiger partial charge is 0.240 e. The lowest BCUT2D eigenvalue weighted by atomic mass is 9.89. The second kappa shape index (κ2) is 6.22. The van der Waals surface area contributed by atoms with Gasteiger partial charge in [0.15, 0.2) is 9.84 Å². The lowest BCUT2D eigenvalue weighted by molar-refractivity contribution is -0.133. The minimum atomic E-state index is -3.11. The molecule has 1 N–H and O–H groups in total. The third-order valence-electron chi connectivity index (χ3n) is 4.25. The molecular weight excluding hydrogens is 264 g/mol. The van der Waals surface area contributed by atoms with Crippen LogP contribution in [0.2, 0.25) is 0 Å². The number of amides is 1. The fraction of sp³-hybridized carbons (Fsp3) is 0.923. The Balaban J connectivity index is 2.04. The summed E-state index contributed by atoms with van der Waals surface area (Å²) in [7, 11) is -1.46. The second-order valence-corrected chi connectivity index (χ2v) is 7.97. The van der Waals surface area contributed by atoms with Crippen LogP contribution >= 0.6 is 0 Å². The summed E-state index contributed by atoms with van der Waals surface area (Å²) in [6.07, 6.45) is 6.10. The van der Waals surface area contributed by atoms with E-state index in [1.165, 1.54) is 32.1 Å². The first kappa shape index (κ1) is 14.8. The molecule has 0 spiro atoms. The normalized spacial score (nSPS) is 29.2. The van der Waals surface area contributed by atoms with Gasteiger partial charge in [-0.05, 0) is 25.8 Å². The first-order valence-electron chi connectivity index (χ1n) is 7.18. The Morgan fingerprint density at radius 1 is 1.26 bits per heavy atom. The Kier molecular flexibility index (Phi) is 4.84. The van der Waals surface area contributed by atoms with Crippen molar-refractivity contribution in [3.63, 3.8) is 0 Å². The summed E-state index contributed by atoms with van der Waals surface area (Å²) in [5, 5.41) is 2.85. The van der Waals surface area contributed by atoms with Crippen molar-refractivity contribution in [1.29, 1.82) is 0 Å². The van der Waals surface area contributed by atoms with E-state index in [0.29, 0.717) is 12.5 Å². The van der Waals surface area contributed by atoms with E-state index in [4.69, 9.17) is 0 Å². The monoisotopic (exact) mass is 288 g/mol. The van der Waals surface area contributed by atoms with E-state index in [0.717, 1.165) is 6.54 Å². The van der Waals surface area contributed by atoms with Crippen molar-refractivity contribution in [2.45, 2.75) is 38.1 Å². The Bertz CT molecular complexity index is 416. The molecule has 1 unspecified atom stereocenters. The summed E-state index contributed by atoms with van der Waals surface area (Å²) in [6, 6.07) is -0.573. The molecule has 2 rings (SSSR count). The lowest BCUT2D eigenvalue weighted by Gasteiger charge is -2.30. The lowest BCUT2D eigenvalue weighted by Crippen LogP contribution is -2.47. The van der Waals surface area contributed by atoms with Crippen molar-refractivity contribution >= 4 is 15.7 Å². The molecule has 0 aromatic carbocycles. The molecule has 1 amide bonds. The van der Waals surface area contributed by atoms with Crippen LogP contribution in [0.1, 0.15) is 32.1 Å². The zero-order valence-electron chi connectivity index (χ0n) is 11.6. The first-order valence-corrected chi connectivity index (χ1v) is 9.00. The molecule has 1 saturated heterocycles. The highest BCUT2D eigenvalue weighted by Crippen LogP contribution is 2.25. The number of hydrogen-bond acceptors (Lipinski definition) is 4. The van der Waals surface area contributed by atoms with Gasteiger partial charge < -0.3 is 10.2 Å². The molecule has 2 fully saturated rings. The molecular formula is C13H24N2O3S. The van der Waals surface area contributed by atoms with Gasteiger partial charge in [-0.2, -0.15) is 0 Å². The summed E-state index contributed by atoms with van der Waals surface area (Å²) in [6.45, 7) is 1.09. The number of carbonyl (C=O) groups is 1. The van der Waals surface area contributed by atoms with Crippen LogP contribution in [-0.4, -0.2) is 56.9 Å². The molecule has 5 nitrogen and oxygen atoms in total. The molecule has 1 aliphatic carbocycles. The zero-order chi connectivity index (χ0) is 13.9. The van der Waals surface area contributed by atoms with Crippen molar-refractivity contribution in [3.8, 4) is 0 Å². The molecule has 0 radical (unpaired) electrons.